The third-order valence-corrected chi connectivity index (χ3v) is 3.12. The van der Waals surface area contributed by atoms with Crippen molar-refractivity contribution in [1.82, 2.24) is 20.2 Å². The van der Waals surface area contributed by atoms with Crippen LogP contribution in [0.15, 0.2) is 12.4 Å². The lowest BCUT2D eigenvalue weighted by atomic mass is 10.1. The minimum absolute atomic E-state index is 0.0940. The van der Waals surface area contributed by atoms with Crippen LogP contribution in [0.5, 0.6) is 0 Å². The SMILES string of the molecule is CC(C)(C)OC(=O)N[C@@H]1CCCN(Cc2ncc[nH]2)C1=O. The minimum atomic E-state index is -0.574. The molecule has 1 aromatic heterocycles. The second-order valence-corrected chi connectivity index (χ2v) is 6.14. The highest BCUT2D eigenvalue weighted by Gasteiger charge is 2.31. The number of imidazole rings is 1. The first kappa shape index (κ1) is 15.3. The van der Waals surface area contributed by atoms with Crippen LogP contribution in [0.1, 0.15) is 39.4 Å². The number of nitrogens with zero attached hydrogens (tertiary/aromatic N) is 2. The summed E-state index contributed by atoms with van der Waals surface area (Å²) in [6, 6.07) is -0.524. The molecule has 21 heavy (non-hydrogen) atoms. The van der Waals surface area contributed by atoms with Crippen LogP contribution < -0.4 is 5.32 Å². The predicted molar refractivity (Wildman–Crippen MR) is 76.4 cm³/mol. The molecule has 2 amide bonds. The highest BCUT2D eigenvalue weighted by atomic mass is 16.6. The number of nitrogens with one attached hydrogen (secondary N) is 2. The molecule has 116 valence electrons. The number of hydrogen-bond acceptors (Lipinski definition) is 4. The molecule has 0 aliphatic carbocycles. The van der Waals surface area contributed by atoms with E-state index in [1.165, 1.54) is 0 Å². The van der Waals surface area contributed by atoms with Gasteiger partial charge in [-0.25, -0.2) is 9.78 Å². The lowest BCUT2D eigenvalue weighted by Crippen LogP contribution is -2.52. The second kappa shape index (κ2) is 6.15. The number of amides is 2. The molecule has 1 fully saturated rings. The number of hydrogen-bond donors (Lipinski definition) is 2. The molecule has 0 radical (unpaired) electrons. The van der Waals surface area contributed by atoms with Crippen molar-refractivity contribution < 1.29 is 14.3 Å². The topological polar surface area (TPSA) is 87.3 Å². The van der Waals surface area contributed by atoms with Gasteiger partial charge in [-0.15, -0.1) is 0 Å². The van der Waals surface area contributed by atoms with Gasteiger partial charge in [-0.3, -0.25) is 4.79 Å². The molecule has 1 aromatic rings. The van der Waals surface area contributed by atoms with Crippen molar-refractivity contribution in [3.8, 4) is 0 Å². The molecular weight excluding hydrogens is 272 g/mol. The minimum Gasteiger partial charge on any atom is -0.444 e. The van der Waals surface area contributed by atoms with Gasteiger partial charge in [0.2, 0.25) is 5.91 Å². The van der Waals surface area contributed by atoms with E-state index in [2.05, 4.69) is 15.3 Å². The lowest BCUT2D eigenvalue weighted by molar-refractivity contribution is -0.136. The number of aromatic amines is 1. The van der Waals surface area contributed by atoms with Crippen molar-refractivity contribution in [3.63, 3.8) is 0 Å². The van der Waals surface area contributed by atoms with Crippen LogP contribution in [0.3, 0.4) is 0 Å². The molecule has 7 nitrogen and oxygen atoms in total. The van der Waals surface area contributed by atoms with Gasteiger partial charge >= 0.3 is 6.09 Å². The van der Waals surface area contributed by atoms with Crippen molar-refractivity contribution in [1.29, 1.82) is 0 Å². The molecule has 2 heterocycles. The molecular formula is C14H22N4O3. The van der Waals surface area contributed by atoms with E-state index in [-0.39, 0.29) is 5.91 Å². The first-order valence-electron chi connectivity index (χ1n) is 7.12. The third-order valence-electron chi connectivity index (χ3n) is 3.12. The molecule has 2 rings (SSSR count). The molecule has 0 unspecified atom stereocenters. The van der Waals surface area contributed by atoms with Crippen LogP contribution in [0.4, 0.5) is 4.79 Å². The normalized spacial score (nSPS) is 19.5. The lowest BCUT2D eigenvalue weighted by Gasteiger charge is -2.32. The summed E-state index contributed by atoms with van der Waals surface area (Å²) >= 11 is 0. The monoisotopic (exact) mass is 294 g/mol. The number of H-pyrrole nitrogens is 1. The van der Waals surface area contributed by atoms with Crippen molar-refractivity contribution in [2.24, 2.45) is 0 Å². The molecule has 2 N–H and O–H groups in total. The fourth-order valence-electron chi connectivity index (χ4n) is 2.25. The van der Waals surface area contributed by atoms with Crippen LogP contribution in [0, 0.1) is 0 Å². The maximum atomic E-state index is 12.4. The smallest absolute Gasteiger partial charge is 0.408 e. The first-order chi connectivity index (χ1) is 9.85. The number of alkyl carbamates (subject to hydrolysis) is 1. The Balaban J connectivity index is 1.92. The van der Waals surface area contributed by atoms with E-state index in [0.29, 0.717) is 19.5 Å². The van der Waals surface area contributed by atoms with E-state index < -0.39 is 17.7 Å². The van der Waals surface area contributed by atoms with E-state index in [4.69, 9.17) is 4.74 Å². The Labute approximate surface area is 124 Å². The van der Waals surface area contributed by atoms with Crippen molar-refractivity contribution in [2.75, 3.05) is 6.54 Å². The maximum Gasteiger partial charge on any atom is 0.408 e. The summed E-state index contributed by atoms with van der Waals surface area (Å²) in [5, 5.41) is 2.65. The molecule has 0 aromatic carbocycles. The number of aromatic nitrogens is 2. The van der Waals surface area contributed by atoms with Gasteiger partial charge in [-0.2, -0.15) is 0 Å². The Morgan fingerprint density at radius 1 is 1.57 bits per heavy atom. The van der Waals surface area contributed by atoms with Gasteiger partial charge in [-0.1, -0.05) is 0 Å². The number of carbonyl (C=O) groups excluding carboxylic acids is 2. The zero-order valence-corrected chi connectivity index (χ0v) is 12.7. The Morgan fingerprint density at radius 2 is 2.33 bits per heavy atom. The van der Waals surface area contributed by atoms with E-state index in [0.717, 1.165) is 12.2 Å². The van der Waals surface area contributed by atoms with Crippen LogP contribution in [0.2, 0.25) is 0 Å². The summed E-state index contributed by atoms with van der Waals surface area (Å²) in [4.78, 5) is 32.9. The summed E-state index contributed by atoms with van der Waals surface area (Å²) in [5.41, 5.74) is -0.574. The van der Waals surface area contributed by atoms with Crippen LogP contribution in [-0.4, -0.2) is 45.1 Å². The van der Waals surface area contributed by atoms with Gasteiger partial charge in [0.1, 0.15) is 17.5 Å². The maximum absolute atomic E-state index is 12.4. The average molecular weight is 294 g/mol. The molecule has 1 atom stereocenters. The highest BCUT2D eigenvalue weighted by Crippen LogP contribution is 2.15. The summed E-state index contributed by atoms with van der Waals surface area (Å²) in [7, 11) is 0. The quantitative estimate of drug-likeness (QED) is 0.882. The van der Waals surface area contributed by atoms with Gasteiger partial charge in [0.15, 0.2) is 0 Å². The third kappa shape index (κ3) is 4.47. The predicted octanol–water partition coefficient (Wildman–Crippen LogP) is 1.43. The van der Waals surface area contributed by atoms with Crippen molar-refractivity contribution in [2.45, 2.75) is 51.8 Å². The van der Waals surface area contributed by atoms with Gasteiger partial charge in [-0.05, 0) is 33.6 Å². The first-order valence-corrected chi connectivity index (χ1v) is 7.12. The van der Waals surface area contributed by atoms with Gasteiger partial charge in [0, 0.05) is 18.9 Å². The van der Waals surface area contributed by atoms with E-state index in [9.17, 15) is 9.59 Å². The largest absolute Gasteiger partial charge is 0.444 e. The number of carbonyl (C=O) groups is 2. The summed E-state index contributed by atoms with van der Waals surface area (Å²) < 4.78 is 5.19. The number of ether oxygens (including phenoxy) is 1. The molecule has 1 aliphatic rings. The Hall–Kier alpha value is -2.05. The average Bonchev–Trinajstić information content (AvgIpc) is 2.85. The Kier molecular flexibility index (Phi) is 4.50. The molecule has 1 aliphatic heterocycles. The summed E-state index contributed by atoms with van der Waals surface area (Å²) in [6.07, 6.45) is 4.29. The van der Waals surface area contributed by atoms with Crippen LogP contribution in [0.25, 0.3) is 0 Å². The zero-order valence-electron chi connectivity index (χ0n) is 12.7. The van der Waals surface area contributed by atoms with Gasteiger partial charge in [0.05, 0.1) is 6.54 Å². The van der Waals surface area contributed by atoms with E-state index in [1.807, 2.05) is 0 Å². The Bertz CT molecular complexity index is 493. The van der Waals surface area contributed by atoms with Gasteiger partial charge in [0.25, 0.3) is 0 Å². The molecule has 1 saturated heterocycles. The highest BCUT2D eigenvalue weighted by molar-refractivity contribution is 5.86. The fraction of sp³-hybridized carbons (Fsp3) is 0.643. The fourth-order valence-corrected chi connectivity index (χ4v) is 2.25. The summed E-state index contributed by atoms with van der Waals surface area (Å²) in [5.74, 6) is 0.643. The standard InChI is InChI=1S/C14H22N4O3/c1-14(2,3)21-13(20)17-10-5-4-8-18(12(10)19)9-11-15-6-7-16-11/h6-7,10H,4-5,8-9H2,1-3H3,(H,15,16)(H,17,20)/t10-/m1/s1. The molecule has 0 bridgehead atoms. The van der Waals surface area contributed by atoms with E-state index >= 15 is 0 Å². The Morgan fingerprint density at radius 3 is 2.95 bits per heavy atom. The number of likely N-dealkylation sites (tertiary alicyclic amines) is 1. The van der Waals surface area contributed by atoms with Gasteiger partial charge < -0.3 is 19.9 Å². The van der Waals surface area contributed by atoms with Crippen LogP contribution in [-0.2, 0) is 16.1 Å². The number of rotatable bonds is 3. The van der Waals surface area contributed by atoms with E-state index in [1.54, 1.807) is 38.1 Å². The number of piperidine rings is 1. The van der Waals surface area contributed by atoms with Crippen LogP contribution >= 0.6 is 0 Å². The zero-order chi connectivity index (χ0) is 15.5. The summed E-state index contributed by atoms with van der Waals surface area (Å²) in [6.45, 7) is 6.47. The second-order valence-electron chi connectivity index (χ2n) is 6.14. The van der Waals surface area contributed by atoms with Crippen molar-refractivity contribution in [3.05, 3.63) is 18.2 Å². The molecule has 0 spiro atoms. The van der Waals surface area contributed by atoms with Crippen molar-refractivity contribution >= 4 is 12.0 Å². The molecule has 0 saturated carbocycles. The molecule has 7 heteroatoms.